The molecule has 2 rings (SSSR count). The molecule has 132 valence electrons. The molecular weight excluding hydrogens is 324 g/mol. The third-order valence-corrected chi connectivity index (χ3v) is 3.54. The SMILES string of the molecule is COC(=O)N1CCC[C@@H](NC(=O)Nc2ccccc2OC(F)F)C1. The molecule has 2 N–H and O–H groups in total. The van der Waals surface area contributed by atoms with Gasteiger partial charge in [-0.3, -0.25) is 0 Å². The van der Waals surface area contributed by atoms with E-state index >= 15 is 0 Å². The third kappa shape index (κ3) is 4.97. The first-order chi connectivity index (χ1) is 11.5. The van der Waals surface area contributed by atoms with Crippen LogP contribution < -0.4 is 15.4 Å². The number of methoxy groups -OCH3 is 1. The second-order valence-corrected chi connectivity index (χ2v) is 5.23. The molecule has 1 heterocycles. The molecule has 0 aliphatic carbocycles. The van der Waals surface area contributed by atoms with E-state index in [-0.39, 0.29) is 17.5 Å². The lowest BCUT2D eigenvalue weighted by atomic mass is 10.1. The summed E-state index contributed by atoms with van der Waals surface area (Å²) in [5.74, 6) is -0.123. The molecule has 1 atom stereocenters. The Hall–Kier alpha value is -2.58. The minimum absolute atomic E-state index is 0.123. The number of nitrogens with zero attached hydrogens (tertiary/aromatic N) is 1. The van der Waals surface area contributed by atoms with Crippen molar-refractivity contribution in [3.63, 3.8) is 0 Å². The second kappa shape index (κ2) is 8.32. The lowest BCUT2D eigenvalue weighted by molar-refractivity contribution is -0.0493. The average molecular weight is 343 g/mol. The Morgan fingerprint density at radius 2 is 2.08 bits per heavy atom. The van der Waals surface area contributed by atoms with Gasteiger partial charge in [0.25, 0.3) is 0 Å². The van der Waals surface area contributed by atoms with Crippen LogP contribution in [-0.2, 0) is 4.74 Å². The normalized spacial score (nSPS) is 17.3. The molecule has 0 saturated carbocycles. The van der Waals surface area contributed by atoms with E-state index in [0.717, 1.165) is 6.42 Å². The number of hydrogen-bond donors (Lipinski definition) is 2. The maximum atomic E-state index is 12.4. The monoisotopic (exact) mass is 343 g/mol. The van der Waals surface area contributed by atoms with Crippen LogP contribution in [0.5, 0.6) is 5.75 Å². The minimum atomic E-state index is -2.98. The van der Waals surface area contributed by atoms with E-state index in [2.05, 4.69) is 20.1 Å². The fourth-order valence-corrected chi connectivity index (χ4v) is 2.50. The van der Waals surface area contributed by atoms with Gasteiger partial charge in [0.1, 0.15) is 5.75 Å². The van der Waals surface area contributed by atoms with Crippen LogP contribution in [0.1, 0.15) is 12.8 Å². The van der Waals surface area contributed by atoms with Gasteiger partial charge in [0.05, 0.1) is 12.8 Å². The van der Waals surface area contributed by atoms with Crippen LogP contribution in [0.4, 0.5) is 24.1 Å². The zero-order valence-corrected chi connectivity index (χ0v) is 13.1. The summed E-state index contributed by atoms with van der Waals surface area (Å²) in [6.07, 6.45) is 0.985. The fraction of sp³-hybridized carbons (Fsp3) is 0.467. The summed E-state index contributed by atoms with van der Waals surface area (Å²) in [6, 6.07) is 5.10. The number of benzene rings is 1. The number of ether oxygens (including phenoxy) is 2. The number of amides is 3. The van der Waals surface area contributed by atoms with Crippen molar-refractivity contribution >= 4 is 17.8 Å². The second-order valence-electron chi connectivity index (χ2n) is 5.23. The van der Waals surface area contributed by atoms with E-state index in [9.17, 15) is 18.4 Å². The highest BCUT2D eigenvalue weighted by Gasteiger charge is 2.25. The van der Waals surface area contributed by atoms with Crippen molar-refractivity contribution in [3.8, 4) is 5.75 Å². The van der Waals surface area contributed by atoms with Gasteiger partial charge in [0, 0.05) is 19.1 Å². The lowest BCUT2D eigenvalue weighted by Crippen LogP contribution is -2.50. The predicted octanol–water partition coefficient (Wildman–Crippen LogP) is 2.64. The molecule has 9 heteroatoms. The number of alkyl halides is 2. The Labute approximate surface area is 137 Å². The average Bonchev–Trinajstić information content (AvgIpc) is 2.55. The van der Waals surface area contributed by atoms with E-state index in [4.69, 9.17) is 0 Å². The summed E-state index contributed by atoms with van der Waals surface area (Å²) in [5.41, 5.74) is 0.135. The van der Waals surface area contributed by atoms with Crippen molar-refractivity contribution in [2.45, 2.75) is 25.5 Å². The standard InChI is InChI=1S/C15H19F2N3O4/c1-23-15(22)20-8-4-5-10(9-20)18-14(21)19-11-6-2-3-7-12(11)24-13(16)17/h2-3,6-7,10,13H,4-5,8-9H2,1H3,(H2,18,19,21)/t10-/m1/s1. The minimum Gasteiger partial charge on any atom is -0.453 e. The highest BCUT2D eigenvalue weighted by atomic mass is 19.3. The molecule has 0 spiro atoms. The van der Waals surface area contributed by atoms with Crippen LogP contribution >= 0.6 is 0 Å². The number of para-hydroxylation sites is 2. The Morgan fingerprint density at radius 3 is 2.79 bits per heavy atom. The van der Waals surface area contributed by atoms with E-state index in [0.29, 0.717) is 19.5 Å². The summed E-state index contributed by atoms with van der Waals surface area (Å²) >= 11 is 0. The zero-order chi connectivity index (χ0) is 17.5. The molecule has 0 unspecified atom stereocenters. The van der Waals surface area contributed by atoms with Gasteiger partial charge in [-0.05, 0) is 25.0 Å². The highest BCUT2D eigenvalue weighted by molar-refractivity contribution is 5.91. The van der Waals surface area contributed by atoms with Crippen LogP contribution in [0.15, 0.2) is 24.3 Å². The van der Waals surface area contributed by atoms with Gasteiger partial charge in [-0.1, -0.05) is 12.1 Å². The molecule has 1 saturated heterocycles. The quantitative estimate of drug-likeness (QED) is 0.881. The maximum Gasteiger partial charge on any atom is 0.409 e. The van der Waals surface area contributed by atoms with Crippen LogP contribution in [0.2, 0.25) is 0 Å². The number of nitrogens with one attached hydrogen (secondary N) is 2. The fourth-order valence-electron chi connectivity index (χ4n) is 2.50. The van der Waals surface area contributed by atoms with Gasteiger partial charge in [-0.25, -0.2) is 9.59 Å². The smallest absolute Gasteiger partial charge is 0.409 e. The number of urea groups is 1. The Bertz CT molecular complexity index is 586. The molecule has 7 nitrogen and oxygen atoms in total. The van der Waals surface area contributed by atoms with Gasteiger partial charge >= 0.3 is 18.7 Å². The van der Waals surface area contributed by atoms with Crippen LogP contribution in [0.3, 0.4) is 0 Å². The third-order valence-electron chi connectivity index (χ3n) is 3.54. The van der Waals surface area contributed by atoms with Crippen LogP contribution in [-0.4, -0.2) is 49.9 Å². The van der Waals surface area contributed by atoms with Gasteiger partial charge < -0.3 is 25.0 Å². The van der Waals surface area contributed by atoms with E-state index in [1.807, 2.05) is 0 Å². The first-order valence-electron chi connectivity index (χ1n) is 7.44. The Morgan fingerprint density at radius 1 is 1.33 bits per heavy atom. The topological polar surface area (TPSA) is 79.9 Å². The Kier molecular flexibility index (Phi) is 6.16. The summed E-state index contributed by atoms with van der Waals surface area (Å²) in [6.45, 7) is -2.09. The predicted molar refractivity (Wildman–Crippen MR) is 82.2 cm³/mol. The molecule has 24 heavy (non-hydrogen) atoms. The molecule has 1 aromatic rings. The molecular formula is C15H19F2N3O4. The largest absolute Gasteiger partial charge is 0.453 e. The van der Waals surface area contributed by atoms with Crippen LogP contribution in [0.25, 0.3) is 0 Å². The van der Waals surface area contributed by atoms with Crippen molar-refractivity contribution in [1.82, 2.24) is 10.2 Å². The van der Waals surface area contributed by atoms with Gasteiger partial charge in [0.15, 0.2) is 0 Å². The molecule has 3 amide bonds. The number of hydrogen-bond acceptors (Lipinski definition) is 4. The summed E-state index contributed by atoms with van der Waals surface area (Å²) in [4.78, 5) is 25.1. The first-order valence-corrected chi connectivity index (χ1v) is 7.44. The number of halogens is 2. The van der Waals surface area contributed by atoms with Crippen molar-refractivity contribution < 1.29 is 27.8 Å². The van der Waals surface area contributed by atoms with E-state index < -0.39 is 18.7 Å². The number of anilines is 1. The van der Waals surface area contributed by atoms with Crippen molar-refractivity contribution in [2.24, 2.45) is 0 Å². The molecule has 1 aliphatic rings. The Balaban J connectivity index is 1.92. The van der Waals surface area contributed by atoms with Gasteiger partial charge in [0.2, 0.25) is 0 Å². The number of likely N-dealkylation sites (tertiary alicyclic amines) is 1. The zero-order valence-electron chi connectivity index (χ0n) is 13.1. The van der Waals surface area contributed by atoms with E-state index in [1.54, 1.807) is 6.07 Å². The lowest BCUT2D eigenvalue weighted by Gasteiger charge is -2.32. The summed E-state index contributed by atoms with van der Waals surface area (Å²) < 4.78 is 33.7. The molecule has 1 fully saturated rings. The number of carbonyl (C=O) groups is 2. The molecule has 0 bridgehead atoms. The molecule has 1 aliphatic heterocycles. The summed E-state index contributed by atoms with van der Waals surface area (Å²) in [5, 5.41) is 5.19. The number of rotatable bonds is 4. The maximum absolute atomic E-state index is 12.4. The molecule has 0 aromatic heterocycles. The van der Waals surface area contributed by atoms with Gasteiger partial charge in [-0.2, -0.15) is 8.78 Å². The van der Waals surface area contributed by atoms with E-state index in [1.165, 1.54) is 30.2 Å². The first kappa shape index (κ1) is 17.8. The van der Waals surface area contributed by atoms with Crippen LogP contribution in [0, 0.1) is 0 Å². The molecule has 1 aromatic carbocycles. The van der Waals surface area contributed by atoms with Crippen molar-refractivity contribution in [2.75, 3.05) is 25.5 Å². The highest BCUT2D eigenvalue weighted by Crippen LogP contribution is 2.25. The van der Waals surface area contributed by atoms with Crippen molar-refractivity contribution in [1.29, 1.82) is 0 Å². The summed E-state index contributed by atoms with van der Waals surface area (Å²) in [7, 11) is 1.30. The number of piperidine rings is 1. The van der Waals surface area contributed by atoms with Crippen molar-refractivity contribution in [3.05, 3.63) is 24.3 Å². The van der Waals surface area contributed by atoms with Gasteiger partial charge in [-0.15, -0.1) is 0 Å². The molecule has 0 radical (unpaired) electrons. The number of carbonyl (C=O) groups excluding carboxylic acids is 2.